The molecule has 166 valence electrons. The number of aromatic nitrogens is 3. The molecule has 1 aliphatic carbocycles. The molecular formula is C21H28N6O3S. The van der Waals surface area contributed by atoms with Gasteiger partial charge in [-0.25, -0.2) is 19.8 Å². The summed E-state index contributed by atoms with van der Waals surface area (Å²) in [6.07, 6.45) is 5.29. The molecule has 4 rings (SSSR count). The van der Waals surface area contributed by atoms with Crippen molar-refractivity contribution in [3.05, 3.63) is 54.0 Å². The zero-order valence-electron chi connectivity index (χ0n) is 17.4. The number of hydrogen-bond acceptors (Lipinski definition) is 6. The predicted molar refractivity (Wildman–Crippen MR) is 120 cm³/mol. The highest BCUT2D eigenvalue weighted by atomic mass is 32.2. The average Bonchev–Trinajstić information content (AvgIpc) is 3.33. The topological polar surface area (TPSA) is 135 Å². The SMILES string of the molecule is CC[C@@H](CNS(N)(=O)=O)[C@@H](O)Cn1ccc2c(N[C@H]3CCc4ccccc43)ncnc21. The van der Waals surface area contributed by atoms with E-state index < -0.39 is 16.3 Å². The van der Waals surface area contributed by atoms with E-state index in [0.29, 0.717) is 6.42 Å². The number of anilines is 1. The Bertz CT molecular complexity index is 1160. The molecule has 31 heavy (non-hydrogen) atoms. The van der Waals surface area contributed by atoms with Gasteiger partial charge in [-0.1, -0.05) is 31.2 Å². The Hall–Kier alpha value is -2.53. The van der Waals surface area contributed by atoms with Gasteiger partial charge in [0.25, 0.3) is 10.2 Å². The number of aliphatic hydroxyl groups is 1. The molecule has 5 N–H and O–H groups in total. The fraction of sp³-hybridized carbons (Fsp3) is 0.429. The van der Waals surface area contributed by atoms with Gasteiger partial charge in [0.05, 0.1) is 24.1 Å². The van der Waals surface area contributed by atoms with E-state index in [1.807, 2.05) is 23.8 Å². The van der Waals surface area contributed by atoms with E-state index in [1.54, 1.807) is 0 Å². The number of benzene rings is 1. The summed E-state index contributed by atoms with van der Waals surface area (Å²) in [7, 11) is -3.79. The van der Waals surface area contributed by atoms with Crippen LogP contribution in [0.4, 0.5) is 5.82 Å². The van der Waals surface area contributed by atoms with E-state index in [0.717, 1.165) is 29.7 Å². The first-order valence-electron chi connectivity index (χ1n) is 10.5. The van der Waals surface area contributed by atoms with Crippen LogP contribution in [0.25, 0.3) is 11.0 Å². The molecular weight excluding hydrogens is 416 g/mol. The Morgan fingerprint density at radius 2 is 2.10 bits per heavy atom. The first-order chi connectivity index (χ1) is 14.9. The third kappa shape index (κ3) is 4.87. The first-order valence-corrected chi connectivity index (χ1v) is 12.0. The highest BCUT2D eigenvalue weighted by molar-refractivity contribution is 7.87. The van der Waals surface area contributed by atoms with Crippen molar-refractivity contribution in [1.82, 2.24) is 19.3 Å². The first kappa shape index (κ1) is 21.7. The van der Waals surface area contributed by atoms with Gasteiger partial charge in [-0.05, 0) is 42.4 Å². The molecule has 0 saturated heterocycles. The minimum atomic E-state index is -3.79. The largest absolute Gasteiger partial charge is 0.391 e. The molecule has 2 aromatic heterocycles. The van der Waals surface area contributed by atoms with E-state index in [2.05, 4.69) is 44.3 Å². The van der Waals surface area contributed by atoms with Gasteiger partial charge >= 0.3 is 0 Å². The number of nitrogens with two attached hydrogens (primary N) is 1. The number of aryl methyl sites for hydroxylation is 1. The lowest BCUT2D eigenvalue weighted by atomic mass is 10.00. The van der Waals surface area contributed by atoms with Crippen LogP contribution in [0.5, 0.6) is 0 Å². The number of nitrogens with zero attached hydrogens (tertiary/aromatic N) is 3. The molecule has 0 amide bonds. The quantitative estimate of drug-likeness (QED) is 0.397. The smallest absolute Gasteiger partial charge is 0.274 e. The third-order valence-corrected chi connectivity index (χ3v) is 6.57. The molecule has 9 nitrogen and oxygen atoms in total. The number of aliphatic hydroxyl groups excluding tert-OH is 1. The Balaban J connectivity index is 1.51. The number of nitrogens with one attached hydrogen (secondary N) is 2. The van der Waals surface area contributed by atoms with Crippen molar-refractivity contribution < 1.29 is 13.5 Å². The van der Waals surface area contributed by atoms with Crippen molar-refractivity contribution in [2.45, 2.75) is 44.9 Å². The zero-order chi connectivity index (χ0) is 22.0. The monoisotopic (exact) mass is 444 g/mol. The van der Waals surface area contributed by atoms with Gasteiger partial charge in [0, 0.05) is 12.7 Å². The van der Waals surface area contributed by atoms with Crippen molar-refractivity contribution in [2.75, 3.05) is 11.9 Å². The Labute approximate surface area is 181 Å². The van der Waals surface area contributed by atoms with Crippen LogP contribution in [0.3, 0.4) is 0 Å². The van der Waals surface area contributed by atoms with Crippen molar-refractivity contribution in [3.63, 3.8) is 0 Å². The summed E-state index contributed by atoms with van der Waals surface area (Å²) in [4.78, 5) is 8.87. The Morgan fingerprint density at radius 3 is 2.87 bits per heavy atom. The van der Waals surface area contributed by atoms with Gasteiger partial charge in [0.15, 0.2) is 0 Å². The number of fused-ring (bicyclic) bond motifs is 2. The minimum Gasteiger partial charge on any atom is -0.391 e. The molecule has 0 aliphatic heterocycles. The third-order valence-electron chi connectivity index (χ3n) is 6.00. The maximum atomic E-state index is 11.2. The van der Waals surface area contributed by atoms with Crippen molar-refractivity contribution in [2.24, 2.45) is 11.1 Å². The second-order valence-electron chi connectivity index (χ2n) is 7.99. The van der Waals surface area contributed by atoms with E-state index in [-0.39, 0.29) is 25.0 Å². The van der Waals surface area contributed by atoms with Crippen molar-refractivity contribution >= 4 is 27.1 Å². The van der Waals surface area contributed by atoms with Crippen LogP contribution in [-0.4, -0.2) is 40.7 Å². The molecule has 0 spiro atoms. The molecule has 0 radical (unpaired) electrons. The number of rotatable bonds is 9. The standard InChI is InChI=1S/C21H28N6O3S/c1-2-14(11-25-31(22,29)30)19(28)12-27-10-9-17-20(23-13-24-21(17)27)26-18-8-7-15-5-3-4-6-16(15)18/h3-6,9-10,13-14,18-19,25,28H,2,7-8,11-12H2,1H3,(H2,22,29,30)(H,23,24,26)/t14-,18-,19-/m0/s1. The summed E-state index contributed by atoms with van der Waals surface area (Å²) in [5.74, 6) is 0.494. The fourth-order valence-electron chi connectivity index (χ4n) is 4.26. The summed E-state index contributed by atoms with van der Waals surface area (Å²) in [5.41, 5.74) is 3.39. The predicted octanol–water partition coefficient (Wildman–Crippen LogP) is 1.71. The second kappa shape index (κ2) is 8.91. The molecule has 1 aromatic carbocycles. The molecule has 1 aliphatic rings. The van der Waals surface area contributed by atoms with E-state index >= 15 is 0 Å². The van der Waals surface area contributed by atoms with Gasteiger partial charge in [0.2, 0.25) is 0 Å². The van der Waals surface area contributed by atoms with Gasteiger partial charge in [-0.2, -0.15) is 8.42 Å². The number of hydrogen-bond donors (Lipinski definition) is 4. The summed E-state index contributed by atoms with van der Waals surface area (Å²) in [6, 6.07) is 10.6. The molecule has 2 heterocycles. The van der Waals surface area contributed by atoms with Crippen LogP contribution in [0.15, 0.2) is 42.9 Å². The molecule has 0 saturated carbocycles. The highest BCUT2D eigenvalue weighted by Gasteiger charge is 2.24. The maximum Gasteiger partial charge on any atom is 0.274 e. The van der Waals surface area contributed by atoms with E-state index in [9.17, 15) is 13.5 Å². The molecule has 0 unspecified atom stereocenters. The molecule has 0 bridgehead atoms. The molecule has 3 atom stereocenters. The highest BCUT2D eigenvalue weighted by Crippen LogP contribution is 2.34. The van der Waals surface area contributed by atoms with Crippen molar-refractivity contribution in [3.8, 4) is 0 Å². The zero-order valence-corrected chi connectivity index (χ0v) is 18.2. The lowest BCUT2D eigenvalue weighted by Crippen LogP contribution is -2.39. The fourth-order valence-corrected chi connectivity index (χ4v) is 4.71. The molecule has 3 aromatic rings. The lowest BCUT2D eigenvalue weighted by Gasteiger charge is -2.22. The van der Waals surface area contributed by atoms with Gasteiger partial charge in [-0.15, -0.1) is 0 Å². The summed E-state index contributed by atoms with van der Waals surface area (Å²) >= 11 is 0. The molecule has 0 fully saturated rings. The van der Waals surface area contributed by atoms with Gasteiger partial charge in [-0.3, -0.25) is 0 Å². The van der Waals surface area contributed by atoms with Gasteiger partial charge < -0.3 is 15.0 Å². The van der Waals surface area contributed by atoms with Crippen LogP contribution in [0.2, 0.25) is 0 Å². The second-order valence-corrected chi connectivity index (χ2v) is 9.37. The van der Waals surface area contributed by atoms with Crippen LogP contribution < -0.4 is 15.2 Å². The van der Waals surface area contributed by atoms with Crippen molar-refractivity contribution in [1.29, 1.82) is 0 Å². The minimum absolute atomic E-state index is 0.0819. The van der Waals surface area contributed by atoms with Crippen LogP contribution in [0, 0.1) is 5.92 Å². The van der Waals surface area contributed by atoms with Gasteiger partial charge in [0.1, 0.15) is 17.8 Å². The van der Waals surface area contributed by atoms with E-state index in [1.165, 1.54) is 17.5 Å². The van der Waals surface area contributed by atoms with Crippen LogP contribution in [0.1, 0.15) is 36.9 Å². The molecule has 10 heteroatoms. The Kier molecular flexibility index (Phi) is 6.24. The lowest BCUT2D eigenvalue weighted by molar-refractivity contribution is 0.0910. The van der Waals surface area contributed by atoms with Crippen LogP contribution in [-0.2, 0) is 23.2 Å². The Morgan fingerprint density at radius 1 is 1.29 bits per heavy atom. The van der Waals surface area contributed by atoms with Crippen LogP contribution >= 0.6 is 0 Å². The average molecular weight is 445 g/mol. The maximum absolute atomic E-state index is 11.2. The summed E-state index contributed by atoms with van der Waals surface area (Å²) in [5, 5.41) is 20.1. The normalized spacial score (nSPS) is 18.1. The summed E-state index contributed by atoms with van der Waals surface area (Å²) < 4.78 is 26.5. The van der Waals surface area contributed by atoms with E-state index in [4.69, 9.17) is 5.14 Å². The summed E-state index contributed by atoms with van der Waals surface area (Å²) in [6.45, 7) is 2.27.